The van der Waals surface area contributed by atoms with Crippen LogP contribution in [0.25, 0.3) is 17.2 Å². The molecule has 3 aromatic rings. The van der Waals surface area contributed by atoms with E-state index >= 15 is 0 Å². The van der Waals surface area contributed by atoms with Crippen LogP contribution < -0.4 is 11.3 Å². The number of nitrogens with one attached hydrogen (secondary N) is 1. The van der Waals surface area contributed by atoms with Gasteiger partial charge in [-0.2, -0.15) is 9.50 Å². The summed E-state index contributed by atoms with van der Waals surface area (Å²) in [6.07, 6.45) is 3.29. The number of anilines is 1. The zero-order valence-electron chi connectivity index (χ0n) is 8.66. The summed E-state index contributed by atoms with van der Waals surface area (Å²) in [5, 5.41) is 4.21. The predicted octanol–water partition coefficient (Wildman–Crippen LogP) is 0.0618. The highest BCUT2D eigenvalue weighted by molar-refractivity contribution is 5.56. The topological polar surface area (TPSA) is 102 Å². The summed E-state index contributed by atoms with van der Waals surface area (Å²) in [4.78, 5) is 21.9. The van der Waals surface area contributed by atoms with Gasteiger partial charge in [0.05, 0.1) is 0 Å². The Kier molecular flexibility index (Phi) is 1.91. The van der Waals surface area contributed by atoms with Crippen molar-refractivity contribution in [1.29, 1.82) is 0 Å². The first kappa shape index (κ1) is 9.52. The summed E-state index contributed by atoms with van der Waals surface area (Å²) in [7, 11) is 0. The van der Waals surface area contributed by atoms with Crippen LogP contribution in [0.2, 0.25) is 0 Å². The van der Waals surface area contributed by atoms with Crippen molar-refractivity contribution in [3.8, 4) is 11.4 Å². The van der Waals surface area contributed by atoms with E-state index in [0.717, 1.165) is 5.56 Å². The molecule has 3 rings (SSSR count). The largest absolute Gasteiger partial charge is 0.383 e. The standard InChI is InChI=1S/C10H8N6O/c11-7-5-8(17)13-10-14-9(15-16(7)10)6-1-3-12-4-2-6/h1-5H,11H2,(H,13,14,15,17). The molecule has 0 saturated heterocycles. The minimum atomic E-state index is -0.302. The number of nitrogen functional groups attached to an aromatic ring is 1. The summed E-state index contributed by atoms with van der Waals surface area (Å²) in [6.45, 7) is 0. The van der Waals surface area contributed by atoms with Gasteiger partial charge in [-0.25, -0.2) is 0 Å². The fourth-order valence-electron chi connectivity index (χ4n) is 1.54. The Morgan fingerprint density at radius 2 is 2.06 bits per heavy atom. The Morgan fingerprint density at radius 1 is 1.29 bits per heavy atom. The maximum absolute atomic E-state index is 11.2. The second-order valence-corrected chi connectivity index (χ2v) is 3.47. The molecule has 0 aliphatic carbocycles. The van der Waals surface area contributed by atoms with Crippen molar-refractivity contribution in [3.63, 3.8) is 0 Å². The number of nitrogens with zero attached hydrogens (tertiary/aromatic N) is 4. The predicted molar refractivity (Wildman–Crippen MR) is 61.3 cm³/mol. The van der Waals surface area contributed by atoms with Gasteiger partial charge in [0.15, 0.2) is 5.82 Å². The number of rotatable bonds is 1. The molecule has 3 N–H and O–H groups in total. The van der Waals surface area contributed by atoms with Crippen molar-refractivity contribution in [2.24, 2.45) is 0 Å². The number of aromatic amines is 1. The third kappa shape index (κ3) is 1.53. The summed E-state index contributed by atoms with van der Waals surface area (Å²) >= 11 is 0. The van der Waals surface area contributed by atoms with Crippen LogP contribution in [0.3, 0.4) is 0 Å². The van der Waals surface area contributed by atoms with E-state index in [0.29, 0.717) is 11.6 Å². The van der Waals surface area contributed by atoms with Crippen molar-refractivity contribution in [1.82, 2.24) is 24.6 Å². The molecule has 0 fully saturated rings. The summed E-state index contributed by atoms with van der Waals surface area (Å²) < 4.78 is 1.39. The van der Waals surface area contributed by atoms with Gasteiger partial charge in [0, 0.05) is 24.0 Å². The SMILES string of the molecule is Nc1cc(=O)[nH]c2nc(-c3ccncc3)nn12. The van der Waals surface area contributed by atoms with Crippen molar-refractivity contribution >= 4 is 11.6 Å². The van der Waals surface area contributed by atoms with Crippen LogP contribution in [0.5, 0.6) is 0 Å². The summed E-state index contributed by atoms with van der Waals surface area (Å²) in [5.74, 6) is 1.05. The van der Waals surface area contributed by atoms with Crippen molar-refractivity contribution < 1.29 is 0 Å². The van der Waals surface area contributed by atoms with Gasteiger partial charge in [0.1, 0.15) is 5.82 Å². The molecule has 17 heavy (non-hydrogen) atoms. The molecule has 84 valence electrons. The molecule has 0 spiro atoms. The third-order valence-corrected chi connectivity index (χ3v) is 2.30. The first-order chi connectivity index (χ1) is 8.24. The fourth-order valence-corrected chi connectivity index (χ4v) is 1.54. The molecule has 7 heteroatoms. The number of pyridine rings is 1. The molecule has 0 radical (unpaired) electrons. The van der Waals surface area contributed by atoms with Gasteiger partial charge in [-0.15, -0.1) is 5.10 Å². The first-order valence-electron chi connectivity index (χ1n) is 4.90. The molecule has 0 aromatic carbocycles. The Labute approximate surface area is 95.0 Å². The van der Waals surface area contributed by atoms with Crippen molar-refractivity contribution in [2.45, 2.75) is 0 Å². The van der Waals surface area contributed by atoms with Crippen LogP contribution in [0.4, 0.5) is 5.82 Å². The zero-order valence-corrected chi connectivity index (χ0v) is 8.66. The van der Waals surface area contributed by atoms with Crippen LogP contribution in [0.15, 0.2) is 35.4 Å². The minimum absolute atomic E-state index is 0.247. The second kappa shape index (κ2) is 3.41. The molecule has 0 bridgehead atoms. The lowest BCUT2D eigenvalue weighted by molar-refractivity contribution is 0.946. The molecule has 0 unspecified atom stereocenters. The number of fused-ring (bicyclic) bond motifs is 1. The Bertz CT molecular complexity index is 729. The van der Waals surface area contributed by atoms with Crippen LogP contribution in [0.1, 0.15) is 0 Å². The second-order valence-electron chi connectivity index (χ2n) is 3.47. The normalized spacial score (nSPS) is 10.8. The zero-order chi connectivity index (χ0) is 11.8. The molecule has 7 nitrogen and oxygen atoms in total. The van der Waals surface area contributed by atoms with Crippen LogP contribution in [-0.4, -0.2) is 24.6 Å². The smallest absolute Gasteiger partial charge is 0.254 e. The number of hydrogen-bond donors (Lipinski definition) is 2. The first-order valence-corrected chi connectivity index (χ1v) is 4.90. The fraction of sp³-hybridized carbons (Fsp3) is 0. The van der Waals surface area contributed by atoms with Crippen molar-refractivity contribution in [3.05, 3.63) is 40.9 Å². The molecule has 3 aromatic heterocycles. The van der Waals surface area contributed by atoms with E-state index < -0.39 is 0 Å². The van der Waals surface area contributed by atoms with Crippen LogP contribution >= 0.6 is 0 Å². The average Bonchev–Trinajstić information content (AvgIpc) is 2.74. The molecular formula is C10H8N6O. The highest BCUT2D eigenvalue weighted by atomic mass is 16.1. The Morgan fingerprint density at radius 3 is 2.82 bits per heavy atom. The number of hydrogen-bond acceptors (Lipinski definition) is 5. The van der Waals surface area contributed by atoms with Gasteiger partial charge in [0.2, 0.25) is 5.78 Å². The van der Waals surface area contributed by atoms with Gasteiger partial charge in [0.25, 0.3) is 5.56 Å². The molecule has 3 heterocycles. The lowest BCUT2D eigenvalue weighted by Gasteiger charge is -1.94. The molecule has 0 amide bonds. The Hall–Kier alpha value is -2.70. The lowest BCUT2D eigenvalue weighted by Crippen LogP contribution is -2.11. The quantitative estimate of drug-likeness (QED) is 0.613. The van der Waals surface area contributed by atoms with E-state index in [4.69, 9.17) is 5.73 Å². The van der Waals surface area contributed by atoms with E-state index in [2.05, 4.69) is 20.1 Å². The Balaban J connectivity index is 2.27. The average molecular weight is 228 g/mol. The maximum Gasteiger partial charge on any atom is 0.254 e. The number of H-pyrrole nitrogens is 1. The van der Waals surface area contributed by atoms with Crippen LogP contribution in [0, 0.1) is 0 Å². The molecular weight excluding hydrogens is 220 g/mol. The van der Waals surface area contributed by atoms with Gasteiger partial charge >= 0.3 is 0 Å². The minimum Gasteiger partial charge on any atom is -0.383 e. The van der Waals surface area contributed by atoms with E-state index in [1.807, 2.05) is 0 Å². The summed E-state index contributed by atoms with van der Waals surface area (Å²) in [5.41, 5.74) is 6.18. The monoisotopic (exact) mass is 228 g/mol. The van der Waals surface area contributed by atoms with E-state index in [9.17, 15) is 4.79 Å². The highest BCUT2D eigenvalue weighted by Gasteiger charge is 2.08. The number of aromatic nitrogens is 5. The van der Waals surface area contributed by atoms with E-state index in [-0.39, 0.29) is 11.4 Å². The highest BCUT2D eigenvalue weighted by Crippen LogP contribution is 2.14. The molecule has 0 atom stereocenters. The molecule has 0 saturated carbocycles. The van der Waals surface area contributed by atoms with Gasteiger partial charge in [-0.1, -0.05) is 0 Å². The van der Waals surface area contributed by atoms with Gasteiger partial charge < -0.3 is 5.73 Å². The maximum atomic E-state index is 11.2. The van der Waals surface area contributed by atoms with E-state index in [1.54, 1.807) is 24.5 Å². The van der Waals surface area contributed by atoms with Crippen molar-refractivity contribution in [2.75, 3.05) is 5.73 Å². The third-order valence-electron chi connectivity index (χ3n) is 2.30. The van der Waals surface area contributed by atoms with E-state index in [1.165, 1.54) is 10.6 Å². The van der Waals surface area contributed by atoms with Gasteiger partial charge in [-0.3, -0.25) is 14.8 Å². The van der Waals surface area contributed by atoms with Gasteiger partial charge in [-0.05, 0) is 12.1 Å². The lowest BCUT2D eigenvalue weighted by atomic mass is 10.3. The number of nitrogens with two attached hydrogens (primary N) is 1. The molecule has 0 aliphatic heterocycles. The summed E-state index contributed by atoms with van der Waals surface area (Å²) in [6, 6.07) is 4.82. The molecule has 0 aliphatic rings. The van der Waals surface area contributed by atoms with Crippen LogP contribution in [-0.2, 0) is 0 Å².